The van der Waals surface area contributed by atoms with Crippen molar-refractivity contribution in [2.75, 3.05) is 13.1 Å². The normalized spacial score (nSPS) is 17.1. The van der Waals surface area contributed by atoms with E-state index in [-0.39, 0.29) is 11.8 Å². The van der Waals surface area contributed by atoms with Gasteiger partial charge in [0.05, 0.1) is 11.1 Å². The van der Waals surface area contributed by atoms with E-state index in [0.29, 0.717) is 30.9 Å². The average molecular weight is 399 g/mol. The van der Waals surface area contributed by atoms with Gasteiger partial charge in [-0.05, 0) is 36.6 Å². The van der Waals surface area contributed by atoms with E-state index in [0.717, 1.165) is 29.5 Å². The summed E-state index contributed by atoms with van der Waals surface area (Å²) in [5.74, 6) is 0.200. The van der Waals surface area contributed by atoms with Crippen molar-refractivity contribution < 1.29 is 18.0 Å². The molecule has 1 unspecified atom stereocenters. The first kappa shape index (κ1) is 19.2. The van der Waals surface area contributed by atoms with Crippen LogP contribution in [-0.2, 0) is 17.5 Å². The molecule has 1 fully saturated rings. The van der Waals surface area contributed by atoms with Crippen LogP contribution in [0.5, 0.6) is 0 Å². The fraction of sp³-hybridized carbons (Fsp3) is 0.273. The zero-order chi connectivity index (χ0) is 20.6. The highest BCUT2D eigenvalue weighted by atomic mass is 19.4. The molecule has 4 rings (SSSR count). The van der Waals surface area contributed by atoms with Crippen LogP contribution < -0.4 is 0 Å². The Kier molecular flexibility index (Phi) is 4.90. The smallest absolute Gasteiger partial charge is 0.339 e. The molecule has 0 radical (unpaired) electrons. The first-order valence-corrected chi connectivity index (χ1v) is 9.41. The average Bonchev–Trinajstić information content (AvgIpc) is 3.32. The van der Waals surface area contributed by atoms with Gasteiger partial charge in [0.25, 0.3) is 0 Å². The van der Waals surface area contributed by atoms with E-state index >= 15 is 0 Å². The van der Waals surface area contributed by atoms with Crippen LogP contribution in [0, 0.1) is 5.92 Å². The zero-order valence-electron chi connectivity index (χ0n) is 15.7. The summed E-state index contributed by atoms with van der Waals surface area (Å²) in [6, 6.07) is 12.8. The van der Waals surface area contributed by atoms with Crippen LogP contribution in [0.3, 0.4) is 0 Å². The number of aromatic nitrogens is 2. The lowest BCUT2D eigenvalue weighted by Gasteiger charge is -2.14. The predicted octanol–water partition coefficient (Wildman–Crippen LogP) is 4.76. The van der Waals surface area contributed by atoms with E-state index in [4.69, 9.17) is 5.10 Å². The second-order valence-electron chi connectivity index (χ2n) is 7.27. The highest BCUT2D eigenvalue weighted by molar-refractivity contribution is 5.93. The highest BCUT2D eigenvalue weighted by Gasteiger charge is 2.30. The fourth-order valence-corrected chi connectivity index (χ4v) is 3.85. The first-order chi connectivity index (χ1) is 13.9. The van der Waals surface area contributed by atoms with Gasteiger partial charge in [0.2, 0.25) is 5.91 Å². The predicted molar refractivity (Wildman–Crippen MR) is 105 cm³/mol. The molecule has 1 atom stereocenters. The molecule has 1 amide bonds. The van der Waals surface area contributed by atoms with E-state index in [2.05, 4.69) is 6.58 Å². The molecule has 0 spiro atoms. The van der Waals surface area contributed by atoms with Gasteiger partial charge < -0.3 is 4.90 Å². The van der Waals surface area contributed by atoms with Gasteiger partial charge >= 0.3 is 6.18 Å². The Bertz CT molecular complexity index is 1050. The number of amides is 1. The van der Waals surface area contributed by atoms with Gasteiger partial charge in [0, 0.05) is 30.6 Å². The molecule has 4 nitrogen and oxygen atoms in total. The standard InChI is InChI=1S/C22H20F3N3O/c1-2-20(29)27-12-11-15(13-27)14-28-19-6-4-3-5-18(19)21(26-28)16-7-9-17(10-8-16)22(23,24)25/h2-10,15H,1,11-14H2. The molecule has 0 saturated carbocycles. The number of nitrogens with zero attached hydrogens (tertiary/aromatic N) is 3. The van der Waals surface area contributed by atoms with E-state index in [1.165, 1.54) is 18.2 Å². The van der Waals surface area contributed by atoms with E-state index in [1.807, 2.05) is 28.9 Å². The maximum atomic E-state index is 12.9. The Morgan fingerprint density at radius 3 is 2.59 bits per heavy atom. The molecule has 2 aromatic carbocycles. The molecule has 2 heterocycles. The summed E-state index contributed by atoms with van der Waals surface area (Å²) < 4.78 is 40.5. The van der Waals surface area contributed by atoms with Crippen LogP contribution >= 0.6 is 0 Å². The van der Waals surface area contributed by atoms with Crippen LogP contribution in [0.15, 0.2) is 61.2 Å². The van der Waals surface area contributed by atoms with Crippen molar-refractivity contribution >= 4 is 16.8 Å². The minimum absolute atomic E-state index is 0.0664. The monoisotopic (exact) mass is 399 g/mol. The largest absolute Gasteiger partial charge is 0.416 e. The van der Waals surface area contributed by atoms with Gasteiger partial charge in [-0.2, -0.15) is 18.3 Å². The van der Waals surface area contributed by atoms with Crippen molar-refractivity contribution in [2.24, 2.45) is 5.92 Å². The van der Waals surface area contributed by atoms with Gasteiger partial charge in [-0.15, -0.1) is 0 Å². The molecule has 0 N–H and O–H groups in total. The number of para-hydroxylation sites is 1. The van der Waals surface area contributed by atoms with Crippen molar-refractivity contribution in [3.63, 3.8) is 0 Å². The molecule has 29 heavy (non-hydrogen) atoms. The molecule has 150 valence electrons. The summed E-state index contributed by atoms with van der Waals surface area (Å²) >= 11 is 0. The third kappa shape index (κ3) is 3.77. The number of fused-ring (bicyclic) bond motifs is 1. The fourth-order valence-electron chi connectivity index (χ4n) is 3.85. The van der Waals surface area contributed by atoms with Crippen LogP contribution in [0.1, 0.15) is 12.0 Å². The van der Waals surface area contributed by atoms with Crippen LogP contribution in [0.25, 0.3) is 22.2 Å². The van der Waals surface area contributed by atoms with Gasteiger partial charge in [-0.3, -0.25) is 9.48 Å². The third-order valence-corrected chi connectivity index (χ3v) is 5.35. The Balaban J connectivity index is 1.64. The molecule has 1 aromatic heterocycles. The Morgan fingerprint density at radius 1 is 1.17 bits per heavy atom. The van der Waals surface area contributed by atoms with Gasteiger partial charge in [-0.25, -0.2) is 0 Å². The molecular formula is C22H20F3N3O. The number of carbonyl (C=O) groups is 1. The maximum Gasteiger partial charge on any atom is 0.416 e. The molecule has 7 heteroatoms. The number of alkyl halides is 3. The van der Waals surface area contributed by atoms with Gasteiger partial charge in [0.15, 0.2) is 0 Å². The number of rotatable bonds is 4. The van der Waals surface area contributed by atoms with Crippen molar-refractivity contribution in [2.45, 2.75) is 19.1 Å². The van der Waals surface area contributed by atoms with Crippen molar-refractivity contribution in [3.8, 4) is 11.3 Å². The number of hydrogen-bond donors (Lipinski definition) is 0. The molecule has 0 bridgehead atoms. The highest BCUT2D eigenvalue weighted by Crippen LogP contribution is 2.33. The lowest BCUT2D eigenvalue weighted by atomic mass is 10.1. The van der Waals surface area contributed by atoms with Crippen molar-refractivity contribution in [1.82, 2.24) is 14.7 Å². The number of likely N-dealkylation sites (tertiary alicyclic amines) is 1. The van der Waals surface area contributed by atoms with Crippen LogP contribution in [-0.4, -0.2) is 33.7 Å². The summed E-state index contributed by atoms with van der Waals surface area (Å²) in [6.45, 7) is 5.52. The summed E-state index contributed by atoms with van der Waals surface area (Å²) in [4.78, 5) is 13.6. The van der Waals surface area contributed by atoms with Crippen molar-refractivity contribution in [3.05, 3.63) is 66.7 Å². The SMILES string of the molecule is C=CC(=O)N1CCC(Cn2nc(-c3ccc(C(F)(F)F)cc3)c3ccccc32)C1. The lowest BCUT2D eigenvalue weighted by Crippen LogP contribution is -2.27. The molecular weight excluding hydrogens is 379 g/mol. The summed E-state index contributed by atoms with van der Waals surface area (Å²) in [7, 11) is 0. The molecule has 1 saturated heterocycles. The second-order valence-corrected chi connectivity index (χ2v) is 7.27. The summed E-state index contributed by atoms with van der Waals surface area (Å²) in [6.07, 6.45) is -2.16. The minimum Gasteiger partial charge on any atom is -0.339 e. The van der Waals surface area contributed by atoms with E-state index < -0.39 is 11.7 Å². The quantitative estimate of drug-likeness (QED) is 0.594. The molecule has 3 aromatic rings. The van der Waals surface area contributed by atoms with Crippen LogP contribution in [0.2, 0.25) is 0 Å². The maximum absolute atomic E-state index is 12.9. The lowest BCUT2D eigenvalue weighted by molar-refractivity contribution is -0.137. The number of benzene rings is 2. The summed E-state index contributed by atoms with van der Waals surface area (Å²) in [5.41, 5.74) is 1.55. The number of halogens is 3. The summed E-state index contributed by atoms with van der Waals surface area (Å²) in [5, 5.41) is 5.61. The third-order valence-electron chi connectivity index (χ3n) is 5.35. The molecule has 1 aliphatic rings. The second kappa shape index (κ2) is 7.39. The number of carbonyl (C=O) groups excluding carboxylic acids is 1. The van der Waals surface area contributed by atoms with Crippen molar-refractivity contribution in [1.29, 1.82) is 0 Å². The van der Waals surface area contributed by atoms with Gasteiger partial charge in [0.1, 0.15) is 5.69 Å². The van der Waals surface area contributed by atoms with Crippen LogP contribution in [0.4, 0.5) is 13.2 Å². The first-order valence-electron chi connectivity index (χ1n) is 9.41. The Labute approximate surface area is 166 Å². The Morgan fingerprint density at radius 2 is 1.90 bits per heavy atom. The minimum atomic E-state index is -4.36. The number of hydrogen-bond acceptors (Lipinski definition) is 2. The van der Waals surface area contributed by atoms with Gasteiger partial charge in [-0.1, -0.05) is 36.9 Å². The zero-order valence-corrected chi connectivity index (χ0v) is 15.7. The molecule has 1 aliphatic heterocycles. The topological polar surface area (TPSA) is 38.1 Å². The van der Waals surface area contributed by atoms with E-state index in [1.54, 1.807) is 4.90 Å². The molecule has 0 aliphatic carbocycles. The Hall–Kier alpha value is -3.09. The van der Waals surface area contributed by atoms with E-state index in [9.17, 15) is 18.0 Å².